The van der Waals surface area contributed by atoms with E-state index in [4.69, 9.17) is 5.73 Å². The topological polar surface area (TPSA) is 85.8 Å². The first-order valence-electron chi connectivity index (χ1n) is 6.47. The van der Waals surface area contributed by atoms with Crippen molar-refractivity contribution in [1.29, 1.82) is 0 Å². The molecule has 0 radical (unpaired) electrons. The van der Waals surface area contributed by atoms with Gasteiger partial charge in [0.05, 0.1) is 6.20 Å². The first-order chi connectivity index (χ1) is 10.6. The van der Waals surface area contributed by atoms with Crippen LogP contribution in [-0.2, 0) is 0 Å². The normalized spacial score (nSPS) is 10.4. The molecule has 0 aliphatic carbocycles. The quantitative estimate of drug-likeness (QED) is 0.776. The van der Waals surface area contributed by atoms with Gasteiger partial charge in [-0.3, -0.25) is 4.79 Å². The monoisotopic (exact) mass is 297 g/mol. The number of hydrogen-bond donors (Lipinski definition) is 2. The molecule has 0 aliphatic rings. The maximum Gasteiger partial charge on any atom is 0.261 e. The van der Waals surface area contributed by atoms with Gasteiger partial charge in [0, 0.05) is 11.9 Å². The van der Waals surface area contributed by atoms with Crippen molar-refractivity contribution in [3.63, 3.8) is 0 Å². The number of nitrogens with one attached hydrogen (secondary N) is 1. The van der Waals surface area contributed by atoms with Gasteiger partial charge in [0.1, 0.15) is 17.2 Å². The first-order valence-corrected chi connectivity index (χ1v) is 6.47. The molecule has 7 heteroatoms. The van der Waals surface area contributed by atoms with Crippen molar-refractivity contribution in [3.8, 4) is 5.82 Å². The van der Waals surface area contributed by atoms with E-state index >= 15 is 0 Å². The van der Waals surface area contributed by atoms with Crippen LogP contribution in [0.5, 0.6) is 0 Å². The molecule has 0 fully saturated rings. The number of benzene rings is 1. The van der Waals surface area contributed by atoms with Gasteiger partial charge >= 0.3 is 0 Å². The molecule has 0 saturated heterocycles. The van der Waals surface area contributed by atoms with E-state index in [1.54, 1.807) is 24.4 Å². The van der Waals surface area contributed by atoms with Crippen LogP contribution >= 0.6 is 0 Å². The van der Waals surface area contributed by atoms with Gasteiger partial charge < -0.3 is 11.1 Å². The number of rotatable bonds is 3. The standard InChI is InChI=1S/C15H12FN5O/c16-10-4-6-11(7-5-10)20-15(22)12-9-19-21(14(12)17)13-3-1-2-8-18-13/h1-9H,17H2,(H,20,22). The second-order valence-corrected chi connectivity index (χ2v) is 4.50. The summed E-state index contributed by atoms with van der Waals surface area (Å²) in [5.74, 6) is -0.106. The van der Waals surface area contributed by atoms with Crippen LogP contribution in [0, 0.1) is 5.82 Å². The minimum absolute atomic E-state index is 0.179. The second kappa shape index (κ2) is 5.65. The van der Waals surface area contributed by atoms with Gasteiger partial charge in [0.25, 0.3) is 5.91 Å². The Kier molecular flexibility index (Phi) is 3.53. The van der Waals surface area contributed by atoms with Gasteiger partial charge in [0.2, 0.25) is 0 Å². The van der Waals surface area contributed by atoms with Crippen molar-refractivity contribution in [2.45, 2.75) is 0 Å². The second-order valence-electron chi connectivity index (χ2n) is 4.50. The number of nitrogens with zero attached hydrogens (tertiary/aromatic N) is 3. The molecule has 1 amide bonds. The van der Waals surface area contributed by atoms with Crippen molar-refractivity contribution < 1.29 is 9.18 Å². The number of amides is 1. The molecule has 0 aliphatic heterocycles. The van der Waals surface area contributed by atoms with E-state index in [0.29, 0.717) is 11.5 Å². The van der Waals surface area contributed by atoms with Gasteiger partial charge in [-0.05, 0) is 36.4 Å². The number of nitrogens with two attached hydrogens (primary N) is 1. The Labute approximate surface area is 125 Å². The summed E-state index contributed by atoms with van der Waals surface area (Å²) in [5, 5.41) is 6.70. The van der Waals surface area contributed by atoms with Crippen LogP contribution in [0.15, 0.2) is 54.9 Å². The van der Waals surface area contributed by atoms with Gasteiger partial charge in [-0.15, -0.1) is 0 Å². The molecule has 0 spiro atoms. The Bertz CT molecular complexity index is 799. The van der Waals surface area contributed by atoms with Crippen LogP contribution in [0.1, 0.15) is 10.4 Å². The van der Waals surface area contributed by atoms with Gasteiger partial charge in [-0.2, -0.15) is 9.78 Å². The van der Waals surface area contributed by atoms with Crippen molar-refractivity contribution in [3.05, 3.63) is 66.2 Å². The minimum Gasteiger partial charge on any atom is -0.383 e. The number of pyridine rings is 1. The number of nitrogen functional groups attached to an aromatic ring is 1. The van der Waals surface area contributed by atoms with Crippen molar-refractivity contribution in [2.24, 2.45) is 0 Å². The molecule has 0 atom stereocenters. The largest absolute Gasteiger partial charge is 0.383 e. The van der Waals surface area contributed by atoms with Crippen LogP contribution in [0.3, 0.4) is 0 Å². The number of aromatic nitrogens is 3. The molecule has 3 aromatic rings. The smallest absolute Gasteiger partial charge is 0.261 e. The molecule has 3 rings (SSSR count). The third-order valence-corrected chi connectivity index (χ3v) is 3.02. The predicted octanol–water partition coefficient (Wildman–Crippen LogP) is 2.24. The zero-order valence-corrected chi connectivity index (χ0v) is 11.4. The summed E-state index contributed by atoms with van der Waals surface area (Å²) in [4.78, 5) is 16.3. The zero-order chi connectivity index (χ0) is 15.5. The van der Waals surface area contributed by atoms with E-state index in [-0.39, 0.29) is 17.2 Å². The highest BCUT2D eigenvalue weighted by Gasteiger charge is 2.16. The van der Waals surface area contributed by atoms with Crippen LogP contribution in [0.4, 0.5) is 15.9 Å². The minimum atomic E-state index is -0.425. The highest BCUT2D eigenvalue weighted by molar-refractivity contribution is 6.07. The molecule has 0 bridgehead atoms. The summed E-state index contributed by atoms with van der Waals surface area (Å²) in [6.45, 7) is 0. The van der Waals surface area contributed by atoms with E-state index in [1.165, 1.54) is 35.1 Å². The fourth-order valence-corrected chi connectivity index (χ4v) is 1.93. The molecule has 110 valence electrons. The summed E-state index contributed by atoms with van der Waals surface area (Å²) < 4.78 is 14.2. The van der Waals surface area contributed by atoms with E-state index in [2.05, 4.69) is 15.4 Å². The molecule has 22 heavy (non-hydrogen) atoms. The Hall–Kier alpha value is -3.22. The van der Waals surface area contributed by atoms with E-state index in [0.717, 1.165) is 0 Å². The van der Waals surface area contributed by atoms with Crippen LogP contribution in [0.2, 0.25) is 0 Å². The summed E-state index contributed by atoms with van der Waals surface area (Å²) in [6, 6.07) is 10.7. The van der Waals surface area contributed by atoms with Crippen LogP contribution in [0.25, 0.3) is 5.82 Å². The van der Waals surface area contributed by atoms with Crippen molar-refractivity contribution >= 4 is 17.4 Å². The Morgan fingerprint density at radius 2 is 1.95 bits per heavy atom. The van der Waals surface area contributed by atoms with Crippen molar-refractivity contribution in [2.75, 3.05) is 11.1 Å². The molecule has 0 saturated carbocycles. The molecule has 6 nitrogen and oxygen atoms in total. The zero-order valence-electron chi connectivity index (χ0n) is 11.4. The third-order valence-electron chi connectivity index (χ3n) is 3.02. The summed E-state index contributed by atoms with van der Waals surface area (Å²) in [5.41, 5.74) is 6.64. The molecule has 1 aromatic carbocycles. The number of halogens is 1. The van der Waals surface area contributed by atoms with E-state index in [9.17, 15) is 9.18 Å². The van der Waals surface area contributed by atoms with Crippen LogP contribution < -0.4 is 11.1 Å². The van der Waals surface area contributed by atoms with E-state index in [1.807, 2.05) is 0 Å². The lowest BCUT2D eigenvalue weighted by Crippen LogP contribution is -2.14. The highest BCUT2D eigenvalue weighted by atomic mass is 19.1. The lowest BCUT2D eigenvalue weighted by Gasteiger charge is -2.05. The highest BCUT2D eigenvalue weighted by Crippen LogP contribution is 2.17. The molecule has 2 heterocycles. The molecule has 3 N–H and O–H groups in total. The number of hydrogen-bond acceptors (Lipinski definition) is 4. The van der Waals surface area contributed by atoms with Gasteiger partial charge in [-0.25, -0.2) is 9.37 Å². The maximum atomic E-state index is 12.8. The average molecular weight is 297 g/mol. The third kappa shape index (κ3) is 2.64. The Morgan fingerprint density at radius 1 is 1.18 bits per heavy atom. The summed E-state index contributed by atoms with van der Waals surface area (Å²) >= 11 is 0. The van der Waals surface area contributed by atoms with Crippen LogP contribution in [-0.4, -0.2) is 20.7 Å². The molecule has 2 aromatic heterocycles. The average Bonchev–Trinajstić information content (AvgIpc) is 2.92. The fourth-order valence-electron chi connectivity index (χ4n) is 1.93. The Balaban J connectivity index is 1.85. The molecular formula is C15H12FN5O. The number of anilines is 2. The fraction of sp³-hybridized carbons (Fsp3) is 0. The molecular weight excluding hydrogens is 285 g/mol. The van der Waals surface area contributed by atoms with Gasteiger partial charge in [0.15, 0.2) is 5.82 Å². The number of carbonyl (C=O) groups is 1. The Morgan fingerprint density at radius 3 is 2.64 bits per heavy atom. The molecule has 0 unspecified atom stereocenters. The first kappa shape index (κ1) is 13.7. The van der Waals surface area contributed by atoms with Gasteiger partial charge in [-0.1, -0.05) is 6.07 Å². The predicted molar refractivity (Wildman–Crippen MR) is 80.1 cm³/mol. The SMILES string of the molecule is Nc1c(C(=O)Nc2ccc(F)cc2)cnn1-c1ccccn1. The number of carbonyl (C=O) groups excluding carboxylic acids is 1. The lowest BCUT2D eigenvalue weighted by atomic mass is 10.2. The summed E-state index contributed by atoms with van der Waals surface area (Å²) in [7, 11) is 0. The van der Waals surface area contributed by atoms with E-state index < -0.39 is 5.91 Å². The summed E-state index contributed by atoms with van der Waals surface area (Å²) in [6.07, 6.45) is 2.97. The van der Waals surface area contributed by atoms with Crippen molar-refractivity contribution in [1.82, 2.24) is 14.8 Å². The lowest BCUT2D eigenvalue weighted by molar-refractivity contribution is 0.102. The maximum absolute atomic E-state index is 12.8.